The second-order valence-electron chi connectivity index (χ2n) is 8.56. The zero-order chi connectivity index (χ0) is 22.0. The van der Waals surface area contributed by atoms with Gasteiger partial charge in [0.2, 0.25) is 5.95 Å². The summed E-state index contributed by atoms with van der Waals surface area (Å²) in [6.07, 6.45) is 12.3. The average Bonchev–Trinajstić information content (AvgIpc) is 3.65. The molecule has 0 atom stereocenters. The number of nitrogens with one attached hydrogen (secondary N) is 1. The van der Waals surface area contributed by atoms with Crippen LogP contribution in [0.15, 0.2) is 43.1 Å². The Kier molecular flexibility index (Phi) is 5.35. The van der Waals surface area contributed by atoms with Gasteiger partial charge in [0.1, 0.15) is 0 Å². The van der Waals surface area contributed by atoms with Gasteiger partial charge >= 0.3 is 0 Å². The van der Waals surface area contributed by atoms with E-state index in [-0.39, 0.29) is 0 Å². The number of nitrogens with zero attached hydrogens (tertiary/aromatic N) is 8. The van der Waals surface area contributed by atoms with Crippen LogP contribution in [0.25, 0.3) is 17.0 Å². The second kappa shape index (κ2) is 8.78. The van der Waals surface area contributed by atoms with Crippen LogP contribution in [0.2, 0.25) is 0 Å². The van der Waals surface area contributed by atoms with Crippen molar-refractivity contribution in [1.29, 1.82) is 0 Å². The first-order chi connectivity index (χ1) is 16.3. The maximum atomic E-state index is 5.53. The molecule has 0 aromatic carbocycles. The second-order valence-corrected chi connectivity index (χ2v) is 8.56. The fraction of sp³-hybridized carbons (Fsp3) is 0.435. The SMILES string of the molecule is c1cnn(-c2ccc(CNc3nc(N4CCOCC4)nc4c3ncn4C3CCCC3)cn2)c1. The Bertz CT molecular complexity index is 1210. The van der Waals surface area contributed by atoms with Crippen molar-refractivity contribution in [2.45, 2.75) is 38.3 Å². The summed E-state index contributed by atoms with van der Waals surface area (Å²) in [5.74, 6) is 2.28. The molecule has 0 spiro atoms. The molecule has 6 rings (SSSR count). The van der Waals surface area contributed by atoms with E-state index in [1.807, 2.05) is 30.9 Å². The van der Waals surface area contributed by atoms with E-state index in [1.54, 1.807) is 10.9 Å². The fourth-order valence-corrected chi connectivity index (χ4v) is 4.63. The highest BCUT2D eigenvalue weighted by Gasteiger charge is 2.23. The molecule has 2 fully saturated rings. The molecule has 10 nitrogen and oxygen atoms in total. The minimum Gasteiger partial charge on any atom is -0.378 e. The molecule has 0 amide bonds. The first kappa shape index (κ1) is 20.1. The lowest BCUT2D eigenvalue weighted by atomic mass is 10.2. The number of rotatable bonds is 6. The molecule has 1 aliphatic carbocycles. The molecule has 4 aromatic heterocycles. The van der Waals surface area contributed by atoms with E-state index in [0.717, 1.165) is 47.4 Å². The van der Waals surface area contributed by atoms with E-state index in [9.17, 15) is 0 Å². The normalized spacial score (nSPS) is 17.2. The Balaban J connectivity index is 1.29. The van der Waals surface area contributed by atoms with Gasteiger partial charge in [-0.15, -0.1) is 0 Å². The highest BCUT2D eigenvalue weighted by Crippen LogP contribution is 2.33. The first-order valence-electron chi connectivity index (χ1n) is 11.6. The van der Waals surface area contributed by atoms with Gasteiger partial charge in [0, 0.05) is 44.3 Å². The molecule has 1 N–H and O–H groups in total. The van der Waals surface area contributed by atoms with Gasteiger partial charge in [0.05, 0.1) is 19.5 Å². The molecule has 5 heterocycles. The topological polar surface area (TPSA) is 98.8 Å². The fourth-order valence-electron chi connectivity index (χ4n) is 4.63. The van der Waals surface area contributed by atoms with E-state index in [4.69, 9.17) is 19.7 Å². The number of hydrogen-bond donors (Lipinski definition) is 1. The number of pyridine rings is 1. The van der Waals surface area contributed by atoms with Crippen molar-refractivity contribution in [3.8, 4) is 5.82 Å². The summed E-state index contributed by atoms with van der Waals surface area (Å²) in [5.41, 5.74) is 2.79. The quantitative estimate of drug-likeness (QED) is 0.484. The Labute approximate surface area is 191 Å². The predicted octanol–water partition coefficient (Wildman–Crippen LogP) is 2.97. The van der Waals surface area contributed by atoms with Crippen LogP contribution >= 0.6 is 0 Å². The molecule has 4 aromatic rings. The Hall–Kier alpha value is -3.53. The van der Waals surface area contributed by atoms with Gasteiger partial charge in [-0.3, -0.25) is 0 Å². The number of morpholine rings is 1. The smallest absolute Gasteiger partial charge is 0.229 e. The zero-order valence-corrected chi connectivity index (χ0v) is 18.5. The van der Waals surface area contributed by atoms with Crippen molar-refractivity contribution < 1.29 is 4.74 Å². The molecular weight excluding hydrogens is 418 g/mol. The van der Waals surface area contributed by atoms with Crippen LogP contribution in [-0.4, -0.2) is 60.6 Å². The van der Waals surface area contributed by atoms with Crippen LogP contribution < -0.4 is 10.2 Å². The summed E-state index contributed by atoms with van der Waals surface area (Å²) in [5, 5.41) is 7.72. The third-order valence-corrected chi connectivity index (χ3v) is 6.43. The van der Waals surface area contributed by atoms with Crippen LogP contribution in [-0.2, 0) is 11.3 Å². The number of anilines is 2. The van der Waals surface area contributed by atoms with Crippen molar-refractivity contribution in [2.24, 2.45) is 0 Å². The van der Waals surface area contributed by atoms with Gasteiger partial charge in [0.25, 0.3) is 0 Å². The molecule has 1 saturated heterocycles. The largest absolute Gasteiger partial charge is 0.378 e. The molecule has 2 aliphatic rings. The van der Waals surface area contributed by atoms with Crippen LogP contribution in [0, 0.1) is 0 Å². The van der Waals surface area contributed by atoms with E-state index < -0.39 is 0 Å². The lowest BCUT2D eigenvalue weighted by Crippen LogP contribution is -2.37. The molecule has 0 radical (unpaired) electrons. The molecule has 10 heteroatoms. The van der Waals surface area contributed by atoms with E-state index in [2.05, 4.69) is 30.9 Å². The lowest BCUT2D eigenvalue weighted by molar-refractivity contribution is 0.122. The lowest BCUT2D eigenvalue weighted by Gasteiger charge is -2.27. The summed E-state index contributed by atoms with van der Waals surface area (Å²) < 4.78 is 9.52. The Morgan fingerprint density at radius 2 is 1.94 bits per heavy atom. The maximum Gasteiger partial charge on any atom is 0.229 e. The third kappa shape index (κ3) is 4.02. The highest BCUT2D eigenvalue weighted by atomic mass is 16.5. The third-order valence-electron chi connectivity index (χ3n) is 6.43. The van der Waals surface area contributed by atoms with Gasteiger partial charge in [-0.1, -0.05) is 18.9 Å². The molecule has 0 bridgehead atoms. The standard InChI is InChI=1S/C23H27N9O/c1-2-5-18(4-1)31-16-26-20-21(28-23(29-22(20)31)30-10-12-33-13-11-30)25-15-17-6-7-19(24-14-17)32-9-3-8-27-32/h3,6-9,14,16,18H,1-2,4-5,10-13,15H2,(H,25,28,29). The van der Waals surface area contributed by atoms with Gasteiger partial charge in [-0.05, 0) is 30.5 Å². The van der Waals surface area contributed by atoms with Crippen molar-refractivity contribution in [1.82, 2.24) is 34.3 Å². The van der Waals surface area contributed by atoms with E-state index >= 15 is 0 Å². The van der Waals surface area contributed by atoms with E-state index in [1.165, 1.54) is 25.7 Å². The number of aromatic nitrogens is 7. The maximum absolute atomic E-state index is 5.53. The summed E-state index contributed by atoms with van der Waals surface area (Å²) in [6, 6.07) is 6.37. The summed E-state index contributed by atoms with van der Waals surface area (Å²) in [4.78, 5) is 21.3. The molecule has 170 valence electrons. The van der Waals surface area contributed by atoms with Gasteiger partial charge in [-0.25, -0.2) is 14.6 Å². The van der Waals surface area contributed by atoms with Crippen LogP contribution in [0.4, 0.5) is 11.8 Å². The number of fused-ring (bicyclic) bond motifs is 1. The van der Waals surface area contributed by atoms with Crippen molar-refractivity contribution in [3.63, 3.8) is 0 Å². The van der Waals surface area contributed by atoms with Crippen molar-refractivity contribution in [2.75, 3.05) is 36.5 Å². The van der Waals surface area contributed by atoms with Crippen molar-refractivity contribution in [3.05, 3.63) is 48.7 Å². The summed E-state index contributed by atoms with van der Waals surface area (Å²) >= 11 is 0. The van der Waals surface area contributed by atoms with Crippen molar-refractivity contribution >= 4 is 22.9 Å². The van der Waals surface area contributed by atoms with Crippen LogP contribution in [0.5, 0.6) is 0 Å². The van der Waals surface area contributed by atoms with Gasteiger partial charge < -0.3 is 19.5 Å². The highest BCUT2D eigenvalue weighted by molar-refractivity contribution is 5.84. The summed E-state index contributed by atoms with van der Waals surface area (Å²) in [6.45, 7) is 3.57. The predicted molar refractivity (Wildman–Crippen MR) is 125 cm³/mol. The molecule has 0 unspecified atom stereocenters. The van der Waals surface area contributed by atoms with Gasteiger partial charge in [0.15, 0.2) is 22.8 Å². The number of hydrogen-bond acceptors (Lipinski definition) is 8. The zero-order valence-electron chi connectivity index (χ0n) is 18.5. The molecule has 1 aliphatic heterocycles. The first-order valence-corrected chi connectivity index (χ1v) is 11.6. The minimum atomic E-state index is 0.467. The number of ether oxygens (including phenoxy) is 1. The molecule has 1 saturated carbocycles. The Morgan fingerprint density at radius 1 is 1.06 bits per heavy atom. The van der Waals surface area contributed by atoms with Crippen LogP contribution in [0.1, 0.15) is 37.3 Å². The van der Waals surface area contributed by atoms with Gasteiger partial charge in [-0.2, -0.15) is 15.1 Å². The van der Waals surface area contributed by atoms with E-state index in [0.29, 0.717) is 25.8 Å². The number of imidazole rings is 1. The monoisotopic (exact) mass is 445 g/mol. The minimum absolute atomic E-state index is 0.467. The summed E-state index contributed by atoms with van der Waals surface area (Å²) in [7, 11) is 0. The molecular formula is C23H27N9O. The molecule has 33 heavy (non-hydrogen) atoms. The Morgan fingerprint density at radius 3 is 2.70 bits per heavy atom. The average molecular weight is 446 g/mol. The van der Waals surface area contributed by atoms with Crippen LogP contribution in [0.3, 0.4) is 0 Å².